The minimum atomic E-state index is -0.677. The maximum absolute atomic E-state index is 13.0. The van der Waals surface area contributed by atoms with Crippen molar-refractivity contribution in [3.05, 3.63) is 146 Å². The second-order valence-corrected chi connectivity index (χ2v) is 16.1. The first-order valence-corrected chi connectivity index (χ1v) is 20.3. The molecule has 12 aromatic rings. The molecule has 4 aromatic carbocycles. The number of para-hydroxylation sites is 4. The van der Waals surface area contributed by atoms with Gasteiger partial charge in [-0.25, -0.2) is 24.7 Å². The van der Waals surface area contributed by atoms with Crippen molar-refractivity contribution in [1.29, 1.82) is 0 Å². The van der Waals surface area contributed by atoms with Crippen LogP contribution >= 0.6 is 0 Å². The smallest absolute Gasteiger partial charge is 0.437 e. The summed E-state index contributed by atoms with van der Waals surface area (Å²) < 4.78 is 6.80. The number of nitrogens with one attached hydrogen (secondary N) is 3. The van der Waals surface area contributed by atoms with Gasteiger partial charge in [0.25, 0.3) is 0 Å². The van der Waals surface area contributed by atoms with E-state index in [2.05, 4.69) is 69.5 Å². The zero-order valence-electron chi connectivity index (χ0n) is 34.2. The van der Waals surface area contributed by atoms with Gasteiger partial charge in [-0.3, -0.25) is 15.1 Å². The van der Waals surface area contributed by atoms with Crippen molar-refractivity contribution < 1.29 is 9.53 Å². The molecule has 0 saturated heterocycles. The van der Waals surface area contributed by atoms with Gasteiger partial charge >= 0.3 is 6.09 Å². The van der Waals surface area contributed by atoms with Gasteiger partial charge in [-0.1, -0.05) is 72.8 Å². The van der Waals surface area contributed by atoms with Crippen molar-refractivity contribution in [3.8, 4) is 45.3 Å². The Morgan fingerprint density at radius 2 is 1.16 bits per heavy atom. The van der Waals surface area contributed by atoms with E-state index in [0.29, 0.717) is 28.2 Å². The molecule has 0 bridgehead atoms. The number of ether oxygens (including phenoxy) is 1. The molecule has 3 N–H and O–H groups in total. The molecule has 0 fully saturated rings. The Bertz CT molecular complexity index is 3630. The average molecular weight is 825 g/mol. The first-order valence-electron chi connectivity index (χ1n) is 20.3. The Morgan fingerprint density at radius 1 is 0.603 bits per heavy atom. The maximum atomic E-state index is 13.0. The Hall–Kier alpha value is -8.65. The molecule has 0 amide bonds. The molecule has 63 heavy (non-hydrogen) atoms. The minimum Gasteiger partial charge on any atom is -0.442 e. The van der Waals surface area contributed by atoms with Crippen LogP contribution in [0.4, 0.5) is 4.79 Å². The predicted molar refractivity (Wildman–Crippen MR) is 245 cm³/mol. The van der Waals surface area contributed by atoms with Gasteiger partial charge in [-0.2, -0.15) is 10.2 Å². The quantitative estimate of drug-likeness (QED) is 0.154. The van der Waals surface area contributed by atoms with Gasteiger partial charge in [0.15, 0.2) is 22.9 Å². The fraction of sp³-hybridized carbons (Fsp3) is 0.0816. The summed E-state index contributed by atoms with van der Waals surface area (Å²) in [5, 5.41) is 18.0. The molecule has 8 heterocycles. The number of aromatic nitrogens is 12. The zero-order chi connectivity index (χ0) is 42.7. The van der Waals surface area contributed by atoms with E-state index in [0.717, 1.165) is 82.8 Å². The van der Waals surface area contributed by atoms with Crippen molar-refractivity contribution in [2.75, 3.05) is 0 Å². The van der Waals surface area contributed by atoms with E-state index in [9.17, 15) is 4.79 Å². The van der Waals surface area contributed by atoms with E-state index in [1.807, 2.05) is 137 Å². The molecule has 0 aliphatic rings. The van der Waals surface area contributed by atoms with Crippen LogP contribution in [0.15, 0.2) is 146 Å². The van der Waals surface area contributed by atoms with Gasteiger partial charge in [0.1, 0.15) is 17.0 Å². The Balaban J connectivity index is 0.000000144. The van der Waals surface area contributed by atoms with Crippen molar-refractivity contribution in [2.45, 2.75) is 26.4 Å². The second kappa shape index (κ2) is 14.8. The highest BCUT2D eigenvalue weighted by molar-refractivity contribution is 6.02. The summed E-state index contributed by atoms with van der Waals surface area (Å²) in [5.74, 6) is 1.30. The SMILES string of the molecule is CC(C)(C)OC(=O)n1nc(-c2nc3ccccc3[nH]2)c2cc(-c3cncc4ccccc34)cnc21.c1ccc2c(-c3cnc4n[nH]c(-c5nc6ccccc6[nH]5)c4c3)cncc2c1. The number of carbonyl (C=O) groups is 1. The standard InChI is InChI=1S/C27H22N6O2.C22H14N6/c1-27(2,3)35-26(34)33-25-19(23(32-33)24-30-21-10-6-7-11-22(21)31-24)12-17(14-29-25)20-15-28-13-16-8-4-5-9-18(16)20;1-2-6-15-13(5-1)10-23-12-17(15)14-9-16-20(27-28-21(16)24-11-14)22-25-18-7-3-4-8-19(18)26-22/h4-15H,1-3H3,(H,30,31);1-12H,(H,25,26)(H,24,27,28). The van der Waals surface area contributed by atoms with E-state index in [-0.39, 0.29) is 0 Å². The number of hydrogen-bond acceptors (Lipinski definition) is 10. The van der Waals surface area contributed by atoms with Crippen LogP contribution in [0.1, 0.15) is 20.8 Å². The second-order valence-electron chi connectivity index (χ2n) is 16.1. The van der Waals surface area contributed by atoms with Gasteiger partial charge in [0, 0.05) is 70.2 Å². The topological polar surface area (TPSA) is 182 Å². The van der Waals surface area contributed by atoms with Crippen LogP contribution in [0.2, 0.25) is 0 Å². The van der Waals surface area contributed by atoms with Gasteiger partial charge in [-0.05, 0) is 67.9 Å². The number of rotatable bonds is 4. The Labute approximate surface area is 358 Å². The number of carbonyl (C=O) groups excluding carboxylic acids is 1. The van der Waals surface area contributed by atoms with Crippen molar-refractivity contribution in [1.82, 2.24) is 59.8 Å². The molecular formula is C49H36N12O2. The number of hydrogen-bond donors (Lipinski definition) is 3. The molecule has 0 saturated carbocycles. The first-order chi connectivity index (χ1) is 30.7. The van der Waals surface area contributed by atoms with Gasteiger partial charge in [-0.15, -0.1) is 4.68 Å². The Kier molecular flexibility index (Phi) is 8.78. The summed E-state index contributed by atoms with van der Waals surface area (Å²) >= 11 is 0. The monoisotopic (exact) mass is 824 g/mol. The van der Waals surface area contributed by atoms with Crippen LogP contribution < -0.4 is 0 Å². The van der Waals surface area contributed by atoms with E-state index in [1.165, 1.54) is 4.68 Å². The lowest BCUT2D eigenvalue weighted by atomic mass is 10.0. The lowest BCUT2D eigenvalue weighted by molar-refractivity contribution is 0.0522. The first kappa shape index (κ1) is 37.4. The van der Waals surface area contributed by atoms with E-state index in [4.69, 9.17) is 14.7 Å². The number of fused-ring (bicyclic) bond motifs is 6. The van der Waals surface area contributed by atoms with E-state index >= 15 is 0 Å². The molecule has 0 atom stereocenters. The van der Waals surface area contributed by atoms with Crippen LogP contribution in [-0.4, -0.2) is 71.5 Å². The van der Waals surface area contributed by atoms with Gasteiger partial charge in [0.2, 0.25) is 0 Å². The molecule has 12 rings (SSSR count). The number of imidazole rings is 2. The number of nitrogens with zero attached hydrogens (tertiary/aromatic N) is 9. The molecule has 0 aliphatic heterocycles. The maximum Gasteiger partial charge on any atom is 0.437 e. The van der Waals surface area contributed by atoms with Crippen LogP contribution in [-0.2, 0) is 4.74 Å². The molecule has 0 aliphatic carbocycles. The van der Waals surface area contributed by atoms with E-state index < -0.39 is 11.7 Å². The summed E-state index contributed by atoms with van der Waals surface area (Å²) in [6.07, 6.45) is 10.4. The van der Waals surface area contributed by atoms with Crippen molar-refractivity contribution >= 4 is 71.8 Å². The van der Waals surface area contributed by atoms with Gasteiger partial charge in [0.05, 0.1) is 32.8 Å². The van der Waals surface area contributed by atoms with Crippen LogP contribution in [0, 0.1) is 0 Å². The normalized spacial score (nSPS) is 11.8. The number of H-pyrrole nitrogens is 3. The third kappa shape index (κ3) is 6.85. The fourth-order valence-corrected chi connectivity index (χ4v) is 7.81. The molecule has 14 nitrogen and oxygen atoms in total. The molecule has 0 radical (unpaired) electrons. The van der Waals surface area contributed by atoms with E-state index in [1.54, 1.807) is 6.20 Å². The predicted octanol–water partition coefficient (Wildman–Crippen LogP) is 10.7. The molecule has 0 unspecified atom stereocenters. The average Bonchev–Trinajstić information content (AvgIpc) is 4.11. The third-order valence-electron chi connectivity index (χ3n) is 10.7. The van der Waals surface area contributed by atoms with Crippen LogP contribution in [0.25, 0.3) is 111 Å². The molecule has 0 spiro atoms. The molecule has 304 valence electrons. The lowest BCUT2D eigenvalue weighted by Gasteiger charge is -2.18. The van der Waals surface area contributed by atoms with Crippen molar-refractivity contribution in [2.24, 2.45) is 0 Å². The number of pyridine rings is 4. The van der Waals surface area contributed by atoms with Crippen molar-refractivity contribution in [3.63, 3.8) is 0 Å². The lowest BCUT2D eigenvalue weighted by Crippen LogP contribution is -2.27. The highest BCUT2D eigenvalue weighted by Gasteiger charge is 2.25. The van der Waals surface area contributed by atoms with Gasteiger partial charge < -0.3 is 14.7 Å². The zero-order valence-corrected chi connectivity index (χ0v) is 34.2. The molecular weight excluding hydrogens is 789 g/mol. The summed E-state index contributed by atoms with van der Waals surface area (Å²) in [6, 6.07) is 36.1. The number of benzene rings is 4. The third-order valence-corrected chi connectivity index (χ3v) is 10.7. The molecule has 14 heteroatoms. The Morgan fingerprint density at radius 3 is 1.79 bits per heavy atom. The highest BCUT2D eigenvalue weighted by Crippen LogP contribution is 2.35. The number of aromatic amines is 3. The highest BCUT2D eigenvalue weighted by atomic mass is 16.6. The summed E-state index contributed by atoms with van der Waals surface area (Å²) in [6.45, 7) is 5.45. The van der Waals surface area contributed by atoms with Crippen LogP contribution in [0.3, 0.4) is 0 Å². The summed E-state index contributed by atoms with van der Waals surface area (Å²) in [5.41, 5.74) is 9.17. The summed E-state index contributed by atoms with van der Waals surface area (Å²) in [7, 11) is 0. The fourth-order valence-electron chi connectivity index (χ4n) is 7.81. The minimum absolute atomic E-state index is 0.395. The van der Waals surface area contributed by atoms with Crippen LogP contribution in [0.5, 0.6) is 0 Å². The largest absolute Gasteiger partial charge is 0.442 e. The molecule has 8 aromatic heterocycles. The summed E-state index contributed by atoms with van der Waals surface area (Å²) in [4.78, 5) is 47.1.